The molecule has 3 aromatic carbocycles. The van der Waals surface area contributed by atoms with E-state index >= 15 is 0 Å². The SMILES string of the molecule is COC(=O)c1cc(C(=O)c2ccc(N(CC3CC3)c3ccc(Cl)cc3)cc2)ccc1F. The van der Waals surface area contributed by atoms with Crippen LogP contribution in [0.4, 0.5) is 15.8 Å². The van der Waals surface area contributed by atoms with Gasteiger partial charge in [0.2, 0.25) is 0 Å². The van der Waals surface area contributed by atoms with Crippen molar-refractivity contribution in [1.82, 2.24) is 0 Å². The molecular weight excluding hydrogens is 417 g/mol. The summed E-state index contributed by atoms with van der Waals surface area (Å²) >= 11 is 6.04. The minimum Gasteiger partial charge on any atom is -0.465 e. The molecule has 1 aliphatic rings. The first-order valence-corrected chi connectivity index (χ1v) is 10.4. The minimum absolute atomic E-state index is 0.224. The van der Waals surface area contributed by atoms with Crippen molar-refractivity contribution in [3.63, 3.8) is 0 Å². The van der Waals surface area contributed by atoms with Gasteiger partial charge in [0, 0.05) is 34.1 Å². The summed E-state index contributed by atoms with van der Waals surface area (Å²) in [5.74, 6) is -1.18. The zero-order chi connectivity index (χ0) is 22.0. The Bertz CT molecular complexity index is 1110. The first kappa shape index (κ1) is 21.1. The molecule has 0 radical (unpaired) electrons. The maximum Gasteiger partial charge on any atom is 0.340 e. The molecule has 1 saturated carbocycles. The average Bonchev–Trinajstić information content (AvgIpc) is 3.62. The van der Waals surface area contributed by atoms with E-state index < -0.39 is 11.8 Å². The van der Waals surface area contributed by atoms with Crippen LogP contribution in [-0.4, -0.2) is 25.4 Å². The fourth-order valence-electron chi connectivity index (χ4n) is 3.43. The molecule has 1 aliphatic carbocycles. The zero-order valence-corrected chi connectivity index (χ0v) is 17.7. The second-order valence-electron chi connectivity index (χ2n) is 7.59. The van der Waals surface area contributed by atoms with Crippen LogP contribution in [0.15, 0.2) is 66.7 Å². The van der Waals surface area contributed by atoms with E-state index in [1.165, 1.54) is 32.1 Å². The number of hydrogen-bond donors (Lipinski definition) is 0. The van der Waals surface area contributed by atoms with Crippen molar-refractivity contribution in [3.05, 3.63) is 94.3 Å². The molecule has 31 heavy (non-hydrogen) atoms. The maximum atomic E-state index is 13.9. The number of esters is 1. The second-order valence-corrected chi connectivity index (χ2v) is 8.03. The van der Waals surface area contributed by atoms with E-state index in [2.05, 4.69) is 9.64 Å². The number of methoxy groups -OCH3 is 1. The largest absolute Gasteiger partial charge is 0.465 e. The molecule has 3 aromatic rings. The van der Waals surface area contributed by atoms with Crippen molar-refractivity contribution in [3.8, 4) is 0 Å². The summed E-state index contributed by atoms with van der Waals surface area (Å²) < 4.78 is 18.5. The van der Waals surface area contributed by atoms with Gasteiger partial charge in [0.05, 0.1) is 12.7 Å². The van der Waals surface area contributed by atoms with Crippen LogP contribution < -0.4 is 4.90 Å². The lowest BCUT2D eigenvalue weighted by molar-refractivity contribution is 0.0595. The minimum atomic E-state index is -0.818. The number of anilines is 2. The predicted octanol–water partition coefficient (Wildman–Crippen LogP) is 6.04. The predicted molar refractivity (Wildman–Crippen MR) is 119 cm³/mol. The number of nitrogens with zero attached hydrogens (tertiary/aromatic N) is 1. The lowest BCUT2D eigenvalue weighted by Gasteiger charge is -2.25. The summed E-state index contributed by atoms with van der Waals surface area (Å²) in [7, 11) is 1.17. The van der Waals surface area contributed by atoms with E-state index in [4.69, 9.17) is 11.6 Å². The Labute approximate surface area is 185 Å². The van der Waals surface area contributed by atoms with E-state index in [9.17, 15) is 14.0 Å². The van der Waals surface area contributed by atoms with Gasteiger partial charge in [-0.15, -0.1) is 0 Å². The van der Waals surface area contributed by atoms with Gasteiger partial charge in [0.25, 0.3) is 0 Å². The van der Waals surface area contributed by atoms with Gasteiger partial charge in [-0.25, -0.2) is 9.18 Å². The highest BCUT2D eigenvalue weighted by Crippen LogP contribution is 2.35. The third kappa shape index (κ3) is 4.78. The molecule has 158 valence electrons. The van der Waals surface area contributed by atoms with E-state index in [-0.39, 0.29) is 16.9 Å². The molecule has 0 unspecified atom stereocenters. The molecule has 0 aliphatic heterocycles. The number of ketones is 1. The van der Waals surface area contributed by atoms with Crippen molar-refractivity contribution < 1.29 is 18.7 Å². The standard InChI is InChI=1S/C25H21ClFNO3/c1-31-25(30)22-14-18(6-13-23(22)27)24(29)17-4-9-20(10-5-17)28(15-16-2-3-16)21-11-7-19(26)8-12-21/h4-14,16H,2-3,15H2,1H3. The Balaban J connectivity index is 1.60. The van der Waals surface area contributed by atoms with Gasteiger partial charge in [0.15, 0.2) is 5.78 Å². The highest BCUT2D eigenvalue weighted by molar-refractivity contribution is 6.30. The molecule has 4 rings (SSSR count). The van der Waals surface area contributed by atoms with Crippen LogP contribution >= 0.6 is 11.6 Å². The molecular formula is C25H21ClFNO3. The van der Waals surface area contributed by atoms with Crippen LogP contribution in [-0.2, 0) is 4.74 Å². The Morgan fingerprint density at radius 2 is 1.55 bits per heavy atom. The Hall–Kier alpha value is -3.18. The van der Waals surface area contributed by atoms with Crippen LogP contribution in [0.25, 0.3) is 0 Å². The van der Waals surface area contributed by atoms with Gasteiger partial charge in [-0.05, 0) is 85.5 Å². The number of hydrogen-bond acceptors (Lipinski definition) is 4. The van der Waals surface area contributed by atoms with Gasteiger partial charge in [-0.3, -0.25) is 4.79 Å². The molecule has 0 amide bonds. The molecule has 1 fully saturated rings. The van der Waals surface area contributed by atoms with Crippen LogP contribution in [0.5, 0.6) is 0 Å². The van der Waals surface area contributed by atoms with Crippen molar-refractivity contribution in [2.24, 2.45) is 5.92 Å². The zero-order valence-electron chi connectivity index (χ0n) is 17.0. The molecule has 6 heteroatoms. The number of halogens is 2. The molecule has 0 spiro atoms. The van der Waals surface area contributed by atoms with Crippen molar-refractivity contribution in [2.45, 2.75) is 12.8 Å². The van der Waals surface area contributed by atoms with Gasteiger partial charge >= 0.3 is 5.97 Å². The number of carbonyl (C=O) groups is 2. The normalized spacial score (nSPS) is 13.0. The monoisotopic (exact) mass is 437 g/mol. The van der Waals surface area contributed by atoms with E-state index in [1.807, 2.05) is 36.4 Å². The summed E-state index contributed by atoms with van der Waals surface area (Å²) in [6.07, 6.45) is 2.43. The molecule has 4 nitrogen and oxygen atoms in total. The molecule has 0 atom stereocenters. The lowest BCUT2D eigenvalue weighted by Crippen LogP contribution is -2.20. The number of ether oxygens (including phenoxy) is 1. The topological polar surface area (TPSA) is 46.6 Å². The van der Waals surface area contributed by atoms with Crippen molar-refractivity contribution in [1.29, 1.82) is 0 Å². The van der Waals surface area contributed by atoms with E-state index in [0.717, 1.165) is 24.0 Å². The summed E-state index contributed by atoms with van der Waals surface area (Å²) in [4.78, 5) is 26.8. The van der Waals surface area contributed by atoms with Gasteiger partial charge in [0.1, 0.15) is 5.82 Å². The van der Waals surface area contributed by atoms with E-state index in [0.29, 0.717) is 16.5 Å². The first-order valence-electron chi connectivity index (χ1n) is 10.0. The lowest BCUT2D eigenvalue weighted by atomic mass is 10.0. The number of carbonyl (C=O) groups excluding carboxylic acids is 2. The first-order chi connectivity index (χ1) is 15.0. The third-order valence-electron chi connectivity index (χ3n) is 5.35. The van der Waals surface area contributed by atoms with Crippen LogP contribution in [0.2, 0.25) is 5.02 Å². The average molecular weight is 438 g/mol. The highest BCUT2D eigenvalue weighted by Gasteiger charge is 2.25. The van der Waals surface area contributed by atoms with Gasteiger partial charge in [-0.1, -0.05) is 11.6 Å². The molecule has 0 N–H and O–H groups in total. The molecule has 0 heterocycles. The van der Waals surface area contributed by atoms with Crippen molar-refractivity contribution >= 4 is 34.7 Å². The van der Waals surface area contributed by atoms with Gasteiger partial charge in [-0.2, -0.15) is 0 Å². The quantitative estimate of drug-likeness (QED) is 0.333. The number of benzene rings is 3. The Kier molecular flexibility index (Phi) is 6.05. The fraction of sp³-hybridized carbons (Fsp3) is 0.200. The Morgan fingerprint density at radius 3 is 2.13 bits per heavy atom. The highest BCUT2D eigenvalue weighted by atomic mass is 35.5. The molecule has 0 aromatic heterocycles. The molecule has 0 bridgehead atoms. The molecule has 0 saturated heterocycles. The summed E-state index contributed by atoms with van der Waals surface area (Å²) in [6, 6.07) is 18.7. The third-order valence-corrected chi connectivity index (χ3v) is 5.60. The summed E-state index contributed by atoms with van der Waals surface area (Å²) in [5, 5.41) is 0.682. The smallest absolute Gasteiger partial charge is 0.340 e. The second kappa shape index (κ2) is 8.90. The number of rotatable bonds is 7. The fourth-order valence-corrected chi connectivity index (χ4v) is 3.56. The van der Waals surface area contributed by atoms with Gasteiger partial charge < -0.3 is 9.64 Å². The van der Waals surface area contributed by atoms with E-state index in [1.54, 1.807) is 12.1 Å². The summed E-state index contributed by atoms with van der Waals surface area (Å²) in [6.45, 7) is 0.898. The Morgan fingerprint density at radius 1 is 0.968 bits per heavy atom. The van der Waals surface area contributed by atoms with Crippen LogP contribution in [0, 0.1) is 11.7 Å². The van der Waals surface area contributed by atoms with Crippen molar-refractivity contribution in [2.75, 3.05) is 18.6 Å². The summed E-state index contributed by atoms with van der Waals surface area (Å²) in [5.41, 5.74) is 2.43. The van der Waals surface area contributed by atoms with Crippen LogP contribution in [0.1, 0.15) is 39.1 Å². The van der Waals surface area contributed by atoms with Crippen LogP contribution in [0.3, 0.4) is 0 Å². The maximum absolute atomic E-state index is 13.9.